The van der Waals surface area contributed by atoms with Crippen LogP contribution in [0, 0.1) is 0 Å². The number of likely N-dealkylation sites (tertiary alicyclic amines) is 1. The van der Waals surface area contributed by atoms with Gasteiger partial charge in [0.15, 0.2) is 11.2 Å². The summed E-state index contributed by atoms with van der Waals surface area (Å²) in [5.41, 5.74) is 1.94. The van der Waals surface area contributed by atoms with Crippen LogP contribution < -0.4 is 16.6 Å². The third kappa shape index (κ3) is 4.81. The lowest BCUT2D eigenvalue weighted by atomic mass is 10.0. The molecule has 4 aromatic rings. The van der Waals surface area contributed by atoms with E-state index in [2.05, 4.69) is 34.5 Å². The molecule has 1 fully saturated rings. The molecule has 0 atom stereocenters. The van der Waals surface area contributed by atoms with Crippen LogP contribution in [0.3, 0.4) is 0 Å². The van der Waals surface area contributed by atoms with Crippen LogP contribution in [0.1, 0.15) is 24.0 Å². The highest BCUT2D eigenvalue weighted by atomic mass is 35.5. The molecule has 0 aliphatic carbocycles. The molecule has 0 saturated carbocycles. The molecule has 0 unspecified atom stereocenters. The van der Waals surface area contributed by atoms with Crippen LogP contribution in [-0.4, -0.2) is 42.7 Å². The number of nitrogens with zero attached hydrogens (tertiary/aromatic N) is 5. The Bertz CT molecular complexity index is 1520. The van der Waals surface area contributed by atoms with Crippen molar-refractivity contribution in [2.24, 2.45) is 14.1 Å². The molecule has 2 aromatic carbocycles. The molecule has 1 saturated heterocycles. The van der Waals surface area contributed by atoms with Gasteiger partial charge in [0, 0.05) is 49.8 Å². The summed E-state index contributed by atoms with van der Waals surface area (Å²) >= 11 is 12.7. The zero-order valence-corrected chi connectivity index (χ0v) is 21.8. The SMILES string of the molecule is Cn1c(=O)c2c(nc(NC3CCN(Cc4ccccc4)CC3)n2Cc2cc(Cl)ccc2Cl)n(C)c1=O. The van der Waals surface area contributed by atoms with Gasteiger partial charge in [0.1, 0.15) is 0 Å². The van der Waals surface area contributed by atoms with Crippen LogP contribution in [-0.2, 0) is 27.2 Å². The summed E-state index contributed by atoms with van der Waals surface area (Å²) in [6.45, 7) is 3.12. The predicted octanol–water partition coefficient (Wildman–Crippen LogP) is 3.87. The summed E-state index contributed by atoms with van der Waals surface area (Å²) in [7, 11) is 3.10. The van der Waals surface area contributed by atoms with Gasteiger partial charge in [0.25, 0.3) is 5.56 Å². The summed E-state index contributed by atoms with van der Waals surface area (Å²) in [4.78, 5) is 32.9. The van der Waals surface area contributed by atoms with Gasteiger partial charge in [0.2, 0.25) is 5.95 Å². The summed E-state index contributed by atoms with van der Waals surface area (Å²) < 4.78 is 4.32. The average Bonchev–Trinajstić information content (AvgIpc) is 3.23. The van der Waals surface area contributed by atoms with E-state index in [9.17, 15) is 9.59 Å². The van der Waals surface area contributed by atoms with Crippen molar-refractivity contribution in [2.45, 2.75) is 32.0 Å². The van der Waals surface area contributed by atoms with Crippen molar-refractivity contribution in [2.75, 3.05) is 18.4 Å². The molecule has 1 aliphatic rings. The van der Waals surface area contributed by atoms with E-state index in [-0.39, 0.29) is 6.04 Å². The number of nitrogens with one attached hydrogen (secondary N) is 1. The van der Waals surface area contributed by atoms with Crippen LogP contribution in [0.2, 0.25) is 10.0 Å². The van der Waals surface area contributed by atoms with Crippen molar-refractivity contribution >= 4 is 40.3 Å². The molecule has 36 heavy (non-hydrogen) atoms. The molecule has 10 heteroatoms. The Morgan fingerprint density at radius 3 is 2.42 bits per heavy atom. The van der Waals surface area contributed by atoms with Gasteiger partial charge in [-0.2, -0.15) is 4.98 Å². The Balaban J connectivity index is 1.45. The van der Waals surface area contributed by atoms with Crippen molar-refractivity contribution in [3.8, 4) is 0 Å². The fourth-order valence-electron chi connectivity index (χ4n) is 4.81. The Labute approximate surface area is 218 Å². The average molecular weight is 527 g/mol. The van der Waals surface area contributed by atoms with Gasteiger partial charge in [0.05, 0.1) is 6.54 Å². The van der Waals surface area contributed by atoms with Gasteiger partial charge >= 0.3 is 5.69 Å². The van der Waals surface area contributed by atoms with Crippen molar-refractivity contribution < 1.29 is 0 Å². The lowest BCUT2D eigenvalue weighted by Crippen LogP contribution is -2.39. The predicted molar refractivity (Wildman–Crippen MR) is 144 cm³/mol. The highest BCUT2D eigenvalue weighted by molar-refractivity contribution is 6.33. The van der Waals surface area contributed by atoms with E-state index in [1.54, 1.807) is 25.2 Å². The third-order valence-corrected chi connectivity index (χ3v) is 7.46. The van der Waals surface area contributed by atoms with Crippen LogP contribution in [0.4, 0.5) is 5.95 Å². The first-order chi connectivity index (χ1) is 17.3. The standard InChI is InChI=1S/C26H28Cl2N6O2/c1-31-23-22(24(35)32(2)26(31)36)34(16-18-14-19(27)8-9-21(18)28)25(30-23)29-20-10-12-33(13-11-20)15-17-6-4-3-5-7-17/h3-9,14,20H,10-13,15-16H2,1-2H3,(H,29,30). The first-order valence-corrected chi connectivity index (χ1v) is 12.7. The van der Waals surface area contributed by atoms with E-state index in [1.165, 1.54) is 17.2 Å². The number of imidazole rings is 1. The minimum atomic E-state index is -0.418. The maximum Gasteiger partial charge on any atom is 0.332 e. The van der Waals surface area contributed by atoms with Crippen molar-refractivity contribution in [3.63, 3.8) is 0 Å². The van der Waals surface area contributed by atoms with Gasteiger partial charge in [-0.25, -0.2) is 4.79 Å². The normalized spacial score (nSPS) is 15.0. The van der Waals surface area contributed by atoms with Crippen molar-refractivity contribution in [1.29, 1.82) is 0 Å². The Hall–Kier alpha value is -3.07. The molecule has 1 N–H and O–H groups in total. The van der Waals surface area contributed by atoms with Crippen LogP contribution >= 0.6 is 23.2 Å². The Morgan fingerprint density at radius 1 is 0.972 bits per heavy atom. The number of anilines is 1. The number of benzene rings is 2. The zero-order chi connectivity index (χ0) is 25.4. The van der Waals surface area contributed by atoms with E-state index in [0.717, 1.165) is 42.6 Å². The Kier molecular flexibility index (Phi) is 6.92. The second kappa shape index (κ2) is 10.1. The minimum Gasteiger partial charge on any atom is -0.353 e. The van der Waals surface area contributed by atoms with E-state index >= 15 is 0 Å². The van der Waals surface area contributed by atoms with Gasteiger partial charge in [-0.1, -0.05) is 53.5 Å². The lowest BCUT2D eigenvalue weighted by Gasteiger charge is -2.32. The number of hydrogen-bond donors (Lipinski definition) is 1. The number of rotatable bonds is 6. The van der Waals surface area contributed by atoms with E-state index < -0.39 is 11.2 Å². The summed E-state index contributed by atoms with van der Waals surface area (Å²) in [5.74, 6) is 0.542. The number of aryl methyl sites for hydroxylation is 1. The number of hydrogen-bond acceptors (Lipinski definition) is 5. The first-order valence-electron chi connectivity index (χ1n) is 11.9. The molecule has 0 amide bonds. The van der Waals surface area contributed by atoms with Gasteiger partial charge in [-0.15, -0.1) is 0 Å². The fraction of sp³-hybridized carbons (Fsp3) is 0.346. The summed E-state index contributed by atoms with van der Waals surface area (Å²) in [6.07, 6.45) is 1.87. The molecule has 0 radical (unpaired) electrons. The second-order valence-electron chi connectivity index (χ2n) is 9.32. The number of piperidine rings is 1. The molecular formula is C26H28Cl2N6O2. The maximum atomic E-state index is 13.2. The first kappa shape index (κ1) is 24.6. The van der Waals surface area contributed by atoms with Gasteiger partial charge < -0.3 is 5.32 Å². The van der Waals surface area contributed by atoms with E-state index in [4.69, 9.17) is 28.2 Å². The van der Waals surface area contributed by atoms with Gasteiger partial charge in [-0.3, -0.25) is 23.4 Å². The molecule has 1 aliphatic heterocycles. The van der Waals surface area contributed by atoms with Crippen LogP contribution in [0.5, 0.6) is 0 Å². The monoisotopic (exact) mass is 526 g/mol. The molecule has 3 heterocycles. The lowest BCUT2D eigenvalue weighted by molar-refractivity contribution is 0.211. The van der Waals surface area contributed by atoms with E-state index in [1.807, 2.05) is 10.6 Å². The topological polar surface area (TPSA) is 77.1 Å². The van der Waals surface area contributed by atoms with Crippen LogP contribution in [0.15, 0.2) is 58.1 Å². The molecule has 0 spiro atoms. The number of fused-ring (bicyclic) bond motifs is 1. The number of aromatic nitrogens is 4. The van der Waals surface area contributed by atoms with Crippen LogP contribution in [0.25, 0.3) is 11.2 Å². The Morgan fingerprint density at radius 2 is 1.69 bits per heavy atom. The molecule has 0 bridgehead atoms. The van der Waals surface area contributed by atoms with Crippen molar-refractivity contribution in [3.05, 3.63) is 90.5 Å². The third-order valence-electron chi connectivity index (χ3n) is 6.85. The highest BCUT2D eigenvalue weighted by Gasteiger charge is 2.24. The quantitative estimate of drug-likeness (QED) is 0.412. The highest BCUT2D eigenvalue weighted by Crippen LogP contribution is 2.26. The maximum absolute atomic E-state index is 13.2. The molecule has 188 valence electrons. The smallest absolute Gasteiger partial charge is 0.332 e. The number of halogens is 2. The molecular weight excluding hydrogens is 499 g/mol. The fourth-order valence-corrected chi connectivity index (χ4v) is 5.18. The molecule has 8 nitrogen and oxygen atoms in total. The summed E-state index contributed by atoms with van der Waals surface area (Å²) in [6, 6.07) is 15.9. The summed E-state index contributed by atoms with van der Waals surface area (Å²) in [5, 5.41) is 4.66. The molecule has 5 rings (SSSR count). The minimum absolute atomic E-state index is 0.184. The van der Waals surface area contributed by atoms with Crippen molar-refractivity contribution in [1.82, 2.24) is 23.6 Å². The van der Waals surface area contributed by atoms with Gasteiger partial charge in [-0.05, 0) is 42.2 Å². The molecule has 2 aromatic heterocycles. The largest absolute Gasteiger partial charge is 0.353 e. The van der Waals surface area contributed by atoms with E-state index in [0.29, 0.717) is 33.7 Å². The zero-order valence-electron chi connectivity index (χ0n) is 20.2. The second-order valence-corrected chi connectivity index (χ2v) is 10.2.